The molecule has 12 heteroatoms. The lowest BCUT2D eigenvalue weighted by Gasteiger charge is -2.18. The maximum atomic E-state index is 12.3. The fourth-order valence-electron chi connectivity index (χ4n) is 0.422. The normalized spacial score (nSPS) is 15.3. The summed E-state index contributed by atoms with van der Waals surface area (Å²) in [5, 5.41) is -10.8. The molecule has 0 saturated heterocycles. The van der Waals surface area contributed by atoms with Crippen LogP contribution >= 0.6 is 0 Å². The number of halogens is 4. The Morgan fingerprint density at radius 2 is 1.00 bits per heavy atom. The van der Waals surface area contributed by atoms with E-state index in [1.807, 2.05) is 0 Å². The first-order chi connectivity index (χ1) is 6.21. The number of hydrogen-bond donors (Lipinski definition) is 2. The molecule has 2 N–H and O–H groups in total. The van der Waals surface area contributed by atoms with Crippen molar-refractivity contribution in [2.75, 3.05) is 0 Å². The van der Waals surface area contributed by atoms with E-state index in [4.69, 9.17) is 9.11 Å². The zero-order valence-electron chi connectivity index (χ0n) is 6.56. The van der Waals surface area contributed by atoms with Crippen molar-refractivity contribution in [2.45, 2.75) is 16.9 Å². The van der Waals surface area contributed by atoms with Crippen LogP contribution in [0.4, 0.5) is 17.6 Å². The summed E-state index contributed by atoms with van der Waals surface area (Å²) in [6, 6.07) is 0. The van der Waals surface area contributed by atoms with E-state index in [0.717, 1.165) is 0 Å². The van der Waals surface area contributed by atoms with Crippen LogP contribution in [0.1, 0.15) is 6.42 Å². The Morgan fingerprint density at radius 3 is 1.13 bits per heavy atom. The first-order valence-electron chi connectivity index (χ1n) is 2.90. The van der Waals surface area contributed by atoms with E-state index >= 15 is 0 Å². The summed E-state index contributed by atoms with van der Waals surface area (Å²) in [6.07, 6.45) is -3.07. The van der Waals surface area contributed by atoms with Gasteiger partial charge in [-0.05, 0) is 0 Å². The maximum absolute atomic E-state index is 12.3. The Balaban J connectivity index is 5.25. The van der Waals surface area contributed by atoms with E-state index in [1.165, 1.54) is 0 Å². The summed E-state index contributed by atoms with van der Waals surface area (Å²) < 4.78 is 104. The second-order valence-electron chi connectivity index (χ2n) is 2.40. The van der Waals surface area contributed by atoms with Crippen LogP contribution in [-0.2, 0) is 20.2 Å². The van der Waals surface area contributed by atoms with Crippen LogP contribution in [-0.4, -0.2) is 36.5 Å². The number of alkyl halides is 4. The Bertz CT molecular complexity index is 393. The molecule has 0 unspecified atom stereocenters. The van der Waals surface area contributed by atoms with Crippen LogP contribution in [0, 0.1) is 0 Å². The lowest BCUT2D eigenvalue weighted by atomic mass is 10.5. The average Bonchev–Trinajstić information content (AvgIpc) is 1.77. The highest BCUT2D eigenvalue weighted by atomic mass is 32.2. The van der Waals surface area contributed by atoms with E-state index in [-0.39, 0.29) is 0 Å². The molecular formula is C3H4F4O6S2. The molecule has 0 aliphatic rings. The zero-order valence-corrected chi connectivity index (χ0v) is 8.20. The smallest absolute Gasteiger partial charge is 0.281 e. The monoisotopic (exact) mass is 276 g/mol. The van der Waals surface area contributed by atoms with Gasteiger partial charge in [0.25, 0.3) is 0 Å². The summed E-state index contributed by atoms with van der Waals surface area (Å²) in [5.74, 6) is 0. The van der Waals surface area contributed by atoms with Gasteiger partial charge in [0.1, 0.15) is 6.42 Å². The Hall–Kier alpha value is -0.460. The predicted molar refractivity (Wildman–Crippen MR) is 37.6 cm³/mol. The van der Waals surface area contributed by atoms with Gasteiger partial charge in [-0.15, -0.1) is 0 Å². The van der Waals surface area contributed by atoms with Crippen molar-refractivity contribution in [1.29, 1.82) is 0 Å². The lowest BCUT2D eigenvalue weighted by molar-refractivity contribution is -0.0243. The summed E-state index contributed by atoms with van der Waals surface area (Å²) >= 11 is 0. The molecule has 6 nitrogen and oxygen atoms in total. The molecule has 0 aliphatic carbocycles. The third-order valence-corrected chi connectivity index (χ3v) is 2.96. The fourth-order valence-corrected chi connectivity index (χ4v) is 1.24. The standard InChI is InChI=1S/C3H4F4O6S2/c4-2(5,14(8,9)10)1-3(6,7)15(11,12)13/h1H2,(H,8,9,10)(H,11,12,13). The lowest BCUT2D eigenvalue weighted by Crippen LogP contribution is -2.40. The van der Waals surface area contributed by atoms with Crippen LogP contribution < -0.4 is 0 Å². The average molecular weight is 276 g/mol. The van der Waals surface area contributed by atoms with Crippen LogP contribution in [0.5, 0.6) is 0 Å². The largest absolute Gasteiger partial charge is 0.376 e. The molecule has 0 saturated carbocycles. The Kier molecular flexibility index (Phi) is 3.43. The molecule has 0 radical (unpaired) electrons. The first kappa shape index (κ1) is 14.5. The molecule has 0 bridgehead atoms. The molecule has 0 aromatic carbocycles. The highest BCUT2D eigenvalue weighted by Crippen LogP contribution is 2.36. The molecule has 0 spiro atoms. The molecule has 0 atom stereocenters. The predicted octanol–water partition coefficient (Wildman–Crippen LogP) is 0.338. The number of hydrogen-bond acceptors (Lipinski definition) is 4. The van der Waals surface area contributed by atoms with Crippen molar-refractivity contribution in [2.24, 2.45) is 0 Å². The first-order valence-corrected chi connectivity index (χ1v) is 5.78. The summed E-state index contributed by atoms with van der Waals surface area (Å²) in [7, 11) is -12.4. The van der Waals surface area contributed by atoms with Crippen molar-refractivity contribution in [3.63, 3.8) is 0 Å². The SMILES string of the molecule is O=S(=O)(O)C(F)(F)CC(F)(F)S(=O)(=O)O. The second-order valence-corrected chi connectivity index (χ2v) is 5.50. The van der Waals surface area contributed by atoms with Gasteiger partial charge in [0.15, 0.2) is 0 Å². The second kappa shape index (κ2) is 3.54. The zero-order chi connectivity index (χ0) is 12.7. The van der Waals surface area contributed by atoms with Gasteiger partial charge in [-0.1, -0.05) is 0 Å². The number of rotatable bonds is 4. The van der Waals surface area contributed by atoms with Crippen molar-refractivity contribution in [1.82, 2.24) is 0 Å². The Labute approximate surface area is 81.4 Å². The summed E-state index contributed by atoms with van der Waals surface area (Å²) in [6.45, 7) is 0. The van der Waals surface area contributed by atoms with Crippen LogP contribution in [0.2, 0.25) is 0 Å². The molecule has 92 valence electrons. The van der Waals surface area contributed by atoms with Gasteiger partial charge in [-0.2, -0.15) is 34.4 Å². The van der Waals surface area contributed by atoms with Crippen LogP contribution in [0.3, 0.4) is 0 Å². The van der Waals surface area contributed by atoms with Crippen molar-refractivity contribution in [3.8, 4) is 0 Å². The van der Waals surface area contributed by atoms with Gasteiger partial charge in [0.05, 0.1) is 0 Å². The minimum Gasteiger partial charge on any atom is -0.281 e. The molecule has 0 aromatic rings. The van der Waals surface area contributed by atoms with Crippen molar-refractivity contribution in [3.05, 3.63) is 0 Å². The van der Waals surface area contributed by atoms with Gasteiger partial charge in [0, 0.05) is 0 Å². The highest BCUT2D eigenvalue weighted by molar-refractivity contribution is 7.87. The molecule has 0 heterocycles. The Morgan fingerprint density at radius 1 is 0.800 bits per heavy atom. The quantitative estimate of drug-likeness (QED) is 0.566. The van der Waals surface area contributed by atoms with Gasteiger partial charge < -0.3 is 0 Å². The van der Waals surface area contributed by atoms with E-state index < -0.39 is 37.2 Å². The molecule has 0 rings (SSSR count). The minimum atomic E-state index is -6.18. The molecule has 0 fully saturated rings. The van der Waals surface area contributed by atoms with Crippen molar-refractivity contribution >= 4 is 20.2 Å². The van der Waals surface area contributed by atoms with E-state index in [9.17, 15) is 34.4 Å². The molecule has 0 aliphatic heterocycles. The maximum Gasteiger partial charge on any atom is 0.376 e. The molecule has 0 aromatic heterocycles. The van der Waals surface area contributed by atoms with Crippen LogP contribution in [0.25, 0.3) is 0 Å². The van der Waals surface area contributed by atoms with Gasteiger partial charge in [-0.3, -0.25) is 9.11 Å². The van der Waals surface area contributed by atoms with Gasteiger partial charge in [-0.25, -0.2) is 0 Å². The molecular weight excluding hydrogens is 272 g/mol. The van der Waals surface area contributed by atoms with Gasteiger partial charge >= 0.3 is 30.7 Å². The summed E-state index contributed by atoms with van der Waals surface area (Å²) in [4.78, 5) is 0. The molecule has 15 heavy (non-hydrogen) atoms. The van der Waals surface area contributed by atoms with Crippen LogP contribution in [0.15, 0.2) is 0 Å². The topological polar surface area (TPSA) is 109 Å². The summed E-state index contributed by atoms with van der Waals surface area (Å²) in [5.41, 5.74) is 0. The fraction of sp³-hybridized carbons (Fsp3) is 1.00. The van der Waals surface area contributed by atoms with Gasteiger partial charge in [0.2, 0.25) is 0 Å². The highest BCUT2D eigenvalue weighted by Gasteiger charge is 2.58. The third-order valence-electron chi connectivity index (χ3n) is 1.17. The minimum absolute atomic E-state index is 3.07. The van der Waals surface area contributed by atoms with E-state index in [0.29, 0.717) is 0 Å². The van der Waals surface area contributed by atoms with E-state index in [2.05, 4.69) is 0 Å². The third kappa shape index (κ3) is 3.25. The van der Waals surface area contributed by atoms with Crippen molar-refractivity contribution < 1.29 is 43.5 Å². The van der Waals surface area contributed by atoms with E-state index in [1.54, 1.807) is 0 Å². The molecule has 0 amide bonds.